The number of aliphatic hydroxyl groups is 5. The Balaban J connectivity index is 1.61. The lowest BCUT2D eigenvalue weighted by Crippen LogP contribution is -2.60. The summed E-state index contributed by atoms with van der Waals surface area (Å²) < 4.78 is 17.5. The van der Waals surface area contributed by atoms with Gasteiger partial charge in [0, 0.05) is 0 Å². The Morgan fingerprint density at radius 2 is 1.58 bits per heavy atom. The van der Waals surface area contributed by atoms with Gasteiger partial charge >= 0.3 is 0 Å². The molecule has 1 saturated heterocycles. The molecule has 180 valence electrons. The highest BCUT2D eigenvalue weighted by atomic mass is 16.7. The number of hydrogen-bond donors (Lipinski definition) is 5. The lowest BCUT2D eigenvalue weighted by molar-refractivity contribution is -0.277. The van der Waals surface area contributed by atoms with Crippen LogP contribution in [0.15, 0.2) is 42.5 Å². The Morgan fingerprint density at radius 3 is 2.33 bits per heavy atom. The number of ether oxygens (including phenoxy) is 3. The molecule has 0 spiro atoms. The van der Waals surface area contributed by atoms with Crippen LogP contribution in [-0.2, 0) is 17.6 Å². The highest BCUT2D eigenvalue weighted by molar-refractivity contribution is 5.46. The van der Waals surface area contributed by atoms with E-state index in [9.17, 15) is 25.5 Å². The van der Waals surface area contributed by atoms with Crippen LogP contribution in [0.4, 0.5) is 0 Å². The molecule has 2 aromatic carbocycles. The summed E-state index contributed by atoms with van der Waals surface area (Å²) >= 11 is 0. The van der Waals surface area contributed by atoms with Crippen LogP contribution in [0, 0.1) is 0 Å². The molecule has 0 saturated carbocycles. The first-order valence-electron chi connectivity index (χ1n) is 11.5. The number of rotatable bonds is 3. The van der Waals surface area contributed by atoms with Gasteiger partial charge in [-0.25, -0.2) is 0 Å². The van der Waals surface area contributed by atoms with E-state index in [0.29, 0.717) is 17.2 Å². The number of aryl methyl sites for hydroxylation is 2. The summed E-state index contributed by atoms with van der Waals surface area (Å²) in [5, 5.41) is 50.2. The second-order valence-electron chi connectivity index (χ2n) is 8.78. The van der Waals surface area contributed by atoms with E-state index in [1.54, 1.807) is 12.1 Å². The van der Waals surface area contributed by atoms with Crippen LogP contribution >= 0.6 is 0 Å². The summed E-state index contributed by atoms with van der Waals surface area (Å²) in [7, 11) is 0. The van der Waals surface area contributed by atoms with Crippen molar-refractivity contribution in [2.24, 2.45) is 0 Å². The van der Waals surface area contributed by atoms with Gasteiger partial charge in [0.05, 0.1) is 12.7 Å². The molecule has 8 heteroatoms. The minimum atomic E-state index is -1.53. The van der Waals surface area contributed by atoms with E-state index >= 15 is 0 Å². The van der Waals surface area contributed by atoms with Crippen molar-refractivity contribution in [3.63, 3.8) is 0 Å². The van der Waals surface area contributed by atoms with E-state index in [2.05, 4.69) is 0 Å². The zero-order chi connectivity index (χ0) is 23.4. The Morgan fingerprint density at radius 1 is 0.818 bits per heavy atom. The average Bonchev–Trinajstić information content (AvgIpc) is 2.82. The Labute approximate surface area is 193 Å². The van der Waals surface area contributed by atoms with Crippen molar-refractivity contribution < 1.29 is 39.7 Å². The normalized spacial score (nSPS) is 30.7. The van der Waals surface area contributed by atoms with Crippen molar-refractivity contribution in [3.8, 4) is 17.2 Å². The van der Waals surface area contributed by atoms with Gasteiger partial charge in [0.15, 0.2) is 11.5 Å². The second kappa shape index (κ2) is 10.8. The van der Waals surface area contributed by atoms with E-state index < -0.39 is 37.3 Å². The van der Waals surface area contributed by atoms with Crippen LogP contribution in [0.5, 0.6) is 17.2 Å². The third kappa shape index (κ3) is 5.84. The van der Waals surface area contributed by atoms with Gasteiger partial charge in [0.1, 0.15) is 30.2 Å². The summed E-state index contributed by atoms with van der Waals surface area (Å²) in [5.74, 6) is 1.32. The molecule has 4 aliphatic rings. The topological polar surface area (TPSA) is 129 Å². The predicted octanol–water partition coefficient (Wildman–Crippen LogP) is 1.68. The maximum atomic E-state index is 10.4. The van der Waals surface area contributed by atoms with Gasteiger partial charge in [-0.2, -0.15) is 0 Å². The number of fused-ring (bicyclic) bond motifs is 2. The minimum absolute atomic E-state index is 0.313. The molecule has 0 radical (unpaired) electrons. The fourth-order valence-corrected chi connectivity index (χ4v) is 4.21. The third-order valence-corrected chi connectivity index (χ3v) is 6.27. The SMILES string of the molecule is OC[C@H]1O[C@@H](Oc2cc3ccc2Oc2ccc(cc2)CC[C@H](O)CCCC3)[C@H](O)[C@H](O)[C@@H]1O. The van der Waals surface area contributed by atoms with Gasteiger partial charge < -0.3 is 39.7 Å². The van der Waals surface area contributed by atoms with Gasteiger partial charge in [0.25, 0.3) is 0 Å². The first kappa shape index (κ1) is 23.9. The monoisotopic (exact) mass is 460 g/mol. The maximum absolute atomic E-state index is 10.4. The highest BCUT2D eigenvalue weighted by Crippen LogP contribution is 2.36. The molecule has 6 atom stereocenters. The molecule has 8 nitrogen and oxygen atoms in total. The molecule has 0 amide bonds. The quantitative estimate of drug-likeness (QED) is 0.468. The lowest BCUT2D eigenvalue weighted by atomic mass is 9.99. The van der Waals surface area contributed by atoms with Crippen LogP contribution in [0.2, 0.25) is 0 Å². The molecule has 5 N–H and O–H groups in total. The zero-order valence-electron chi connectivity index (χ0n) is 18.4. The van der Waals surface area contributed by atoms with Crippen LogP contribution in [0.25, 0.3) is 0 Å². The standard InChI is InChI=1S/C25H32O8/c26-14-21-22(28)23(29)24(30)25(33-21)32-20-13-16-3-1-2-4-17(27)9-5-15-6-10-18(11-7-15)31-19(20)12-8-16/h6-8,10-13,17,21-30H,1-5,9,14H2/t17-,21-,22-,23-,24-,25-/m1/s1. The molecule has 0 unspecified atom stereocenters. The summed E-state index contributed by atoms with van der Waals surface area (Å²) in [6.45, 7) is -0.535. The Hall–Kier alpha value is -2.20. The predicted molar refractivity (Wildman–Crippen MR) is 119 cm³/mol. The van der Waals surface area contributed by atoms with Crippen molar-refractivity contribution in [2.75, 3.05) is 6.61 Å². The van der Waals surface area contributed by atoms with Crippen molar-refractivity contribution in [3.05, 3.63) is 53.6 Å². The summed E-state index contributed by atoms with van der Waals surface area (Å²) in [6, 6.07) is 13.1. The second-order valence-corrected chi connectivity index (χ2v) is 8.78. The van der Waals surface area contributed by atoms with Gasteiger partial charge in [0.2, 0.25) is 6.29 Å². The van der Waals surface area contributed by atoms with Crippen molar-refractivity contribution in [2.45, 2.75) is 75.3 Å². The van der Waals surface area contributed by atoms with Crippen LogP contribution < -0.4 is 9.47 Å². The average molecular weight is 461 g/mol. The minimum Gasteiger partial charge on any atom is -0.458 e. The maximum Gasteiger partial charge on any atom is 0.229 e. The lowest BCUT2D eigenvalue weighted by Gasteiger charge is -2.39. The highest BCUT2D eigenvalue weighted by Gasteiger charge is 2.45. The van der Waals surface area contributed by atoms with Crippen LogP contribution in [0.1, 0.15) is 36.8 Å². The molecular weight excluding hydrogens is 428 g/mol. The van der Waals surface area contributed by atoms with Gasteiger partial charge in [-0.3, -0.25) is 0 Å². The largest absolute Gasteiger partial charge is 0.458 e. The molecule has 1 fully saturated rings. The smallest absolute Gasteiger partial charge is 0.229 e. The molecule has 4 heterocycles. The number of benzene rings is 2. The van der Waals surface area contributed by atoms with Gasteiger partial charge in [-0.1, -0.05) is 24.6 Å². The van der Waals surface area contributed by atoms with Gasteiger partial charge in [-0.15, -0.1) is 0 Å². The van der Waals surface area contributed by atoms with E-state index in [1.807, 2.05) is 30.3 Å². The molecule has 2 aromatic rings. The summed E-state index contributed by atoms with van der Waals surface area (Å²) in [5.41, 5.74) is 2.10. The summed E-state index contributed by atoms with van der Waals surface area (Å²) in [6.07, 6.45) is -2.39. The molecular formula is C25H32O8. The van der Waals surface area contributed by atoms with Crippen molar-refractivity contribution in [1.82, 2.24) is 0 Å². The van der Waals surface area contributed by atoms with Gasteiger partial charge in [-0.05, 0) is 67.5 Å². The molecule has 33 heavy (non-hydrogen) atoms. The van der Waals surface area contributed by atoms with E-state index in [0.717, 1.165) is 49.7 Å². The first-order chi connectivity index (χ1) is 15.9. The zero-order valence-corrected chi connectivity index (χ0v) is 18.4. The fourth-order valence-electron chi connectivity index (χ4n) is 4.21. The van der Waals surface area contributed by atoms with E-state index in [1.165, 1.54) is 0 Å². The summed E-state index contributed by atoms with van der Waals surface area (Å²) in [4.78, 5) is 0. The Bertz CT molecular complexity index is 900. The fraction of sp³-hybridized carbons (Fsp3) is 0.520. The first-order valence-corrected chi connectivity index (χ1v) is 11.5. The van der Waals surface area contributed by atoms with Crippen molar-refractivity contribution >= 4 is 0 Å². The molecule has 4 bridgehead atoms. The third-order valence-electron chi connectivity index (χ3n) is 6.27. The van der Waals surface area contributed by atoms with Crippen LogP contribution in [-0.4, -0.2) is 68.9 Å². The number of hydrogen-bond acceptors (Lipinski definition) is 8. The van der Waals surface area contributed by atoms with Crippen LogP contribution in [0.3, 0.4) is 0 Å². The molecule has 4 aliphatic heterocycles. The molecule has 0 aliphatic carbocycles. The van der Waals surface area contributed by atoms with E-state index in [4.69, 9.17) is 14.2 Å². The molecule has 6 rings (SSSR count). The van der Waals surface area contributed by atoms with Crippen molar-refractivity contribution in [1.29, 1.82) is 0 Å². The Kier molecular flexibility index (Phi) is 7.85. The molecule has 0 aromatic heterocycles. The van der Waals surface area contributed by atoms with E-state index in [-0.39, 0.29) is 6.10 Å². The number of aliphatic hydroxyl groups excluding tert-OH is 5.